The molecule has 0 atom stereocenters. The molecule has 0 aliphatic rings. The number of anilines is 1. The summed E-state index contributed by atoms with van der Waals surface area (Å²) in [6.07, 6.45) is -0.301. The Hall–Kier alpha value is -7.30. The zero-order valence-electron chi connectivity index (χ0n) is 30.3. The van der Waals surface area contributed by atoms with E-state index in [9.17, 15) is 24.5 Å². The number of hydrogen-bond donors (Lipinski definition) is 1. The van der Waals surface area contributed by atoms with Gasteiger partial charge in [-0.15, -0.1) is 0 Å². The van der Waals surface area contributed by atoms with Crippen LogP contribution in [0, 0.1) is 10.1 Å². The molecular weight excluding hydrogens is 712 g/mol. The van der Waals surface area contributed by atoms with Crippen molar-refractivity contribution in [3.8, 4) is 17.2 Å². The summed E-state index contributed by atoms with van der Waals surface area (Å²) in [4.78, 5) is 51.4. The van der Waals surface area contributed by atoms with Crippen LogP contribution in [0.3, 0.4) is 0 Å². The zero-order valence-corrected chi connectivity index (χ0v) is 30.3. The normalized spacial score (nSPS) is 10.8. The first-order chi connectivity index (χ1) is 26.6. The number of Topliss-reactive ketones (excluding diaryl/α,β-unsaturated/α-hetero) is 1. The molecule has 17 heteroatoms. The molecule has 0 fully saturated rings. The molecule has 0 spiro atoms. The number of carbonyl (C=O) groups excluding carboxylic acids is 3. The van der Waals surface area contributed by atoms with Crippen LogP contribution >= 0.6 is 0 Å². The molecule has 1 amide bonds. The zero-order chi connectivity index (χ0) is 39.1. The number of ketones is 1. The lowest BCUT2D eigenvalue weighted by molar-refractivity contribution is -0.389. The van der Waals surface area contributed by atoms with E-state index in [-0.39, 0.29) is 54.6 Å². The molecule has 0 saturated heterocycles. The van der Waals surface area contributed by atoms with Gasteiger partial charge in [-0.3, -0.25) is 19.0 Å². The second-order valence-corrected chi connectivity index (χ2v) is 12.1. The van der Waals surface area contributed by atoms with Crippen LogP contribution in [0.5, 0.6) is 17.2 Å². The Kier molecular flexibility index (Phi) is 11.3. The Labute approximate surface area is 314 Å². The molecule has 0 aliphatic carbocycles. The van der Waals surface area contributed by atoms with Crippen LogP contribution < -0.4 is 19.5 Å². The monoisotopic (exact) mass is 748 g/mol. The molecule has 55 heavy (non-hydrogen) atoms. The van der Waals surface area contributed by atoms with Gasteiger partial charge in [-0.05, 0) is 64.1 Å². The van der Waals surface area contributed by atoms with Crippen LogP contribution in [-0.4, -0.2) is 80.4 Å². The molecule has 282 valence electrons. The minimum atomic E-state index is -0.669. The highest BCUT2D eigenvalue weighted by atomic mass is 16.6. The molecule has 0 bridgehead atoms. The van der Waals surface area contributed by atoms with E-state index in [1.165, 1.54) is 40.4 Å². The maximum atomic E-state index is 13.9. The van der Waals surface area contributed by atoms with Crippen LogP contribution in [-0.2, 0) is 30.8 Å². The molecule has 0 aliphatic heterocycles. The van der Waals surface area contributed by atoms with Crippen molar-refractivity contribution in [3.05, 3.63) is 141 Å². The summed E-state index contributed by atoms with van der Waals surface area (Å²) in [7, 11) is 5.90. The third-order valence-corrected chi connectivity index (χ3v) is 8.53. The molecule has 3 heterocycles. The van der Waals surface area contributed by atoms with Crippen LogP contribution in [0.15, 0.2) is 91.0 Å². The standard InChI is InChI=1S/C38H36N8O9/c1-52-28-11-5-24(6-12-28)21-43-31(20-36(42-43)46(50)51)34(47)18-27-17-32(44(40-27)22-25-7-13-29(53-2)14-8-25)37(48)39-35-19-33(38(49)55-4)45(41-35)23-26-9-15-30(54-3)16-10-26/h5-17,19-20H,18,21-23H2,1-4H3,(H,39,41,48). The summed E-state index contributed by atoms with van der Waals surface area (Å²) in [6.45, 7) is 0.414. The molecular formula is C38H36N8O9. The molecule has 1 N–H and O–H groups in total. The van der Waals surface area contributed by atoms with Gasteiger partial charge in [-0.1, -0.05) is 36.4 Å². The third kappa shape index (κ3) is 8.85. The SMILES string of the molecule is COC(=O)c1cc(NC(=O)c2cc(CC(=O)c3cc([N+](=O)[O-])nn3Cc3ccc(OC)cc3)nn2Cc2ccc(OC)cc2)nn1Cc1ccc(OC)cc1. The van der Waals surface area contributed by atoms with Gasteiger partial charge in [0.1, 0.15) is 34.3 Å². The first-order valence-electron chi connectivity index (χ1n) is 16.8. The van der Waals surface area contributed by atoms with Gasteiger partial charge in [-0.2, -0.15) is 14.9 Å². The minimum absolute atomic E-state index is 0.00374. The number of esters is 1. The molecule has 6 rings (SSSR count). The Bertz CT molecular complexity index is 2330. The highest BCUT2D eigenvalue weighted by Gasteiger charge is 2.26. The summed E-state index contributed by atoms with van der Waals surface area (Å²) in [6, 6.07) is 25.4. The molecule has 3 aromatic carbocycles. The van der Waals surface area contributed by atoms with Crippen LogP contribution in [0.1, 0.15) is 53.8 Å². The van der Waals surface area contributed by atoms with E-state index < -0.39 is 28.4 Å². The van der Waals surface area contributed by atoms with E-state index in [0.717, 1.165) is 22.8 Å². The van der Waals surface area contributed by atoms with Crippen molar-refractivity contribution in [2.24, 2.45) is 0 Å². The van der Waals surface area contributed by atoms with Crippen molar-refractivity contribution in [3.63, 3.8) is 0 Å². The van der Waals surface area contributed by atoms with Crippen LogP contribution in [0.4, 0.5) is 11.6 Å². The highest BCUT2D eigenvalue weighted by molar-refractivity contribution is 6.03. The van der Waals surface area contributed by atoms with Gasteiger partial charge >= 0.3 is 11.8 Å². The fourth-order valence-electron chi connectivity index (χ4n) is 5.71. The van der Waals surface area contributed by atoms with Crippen LogP contribution in [0.25, 0.3) is 0 Å². The Morgan fingerprint density at radius 2 is 1.11 bits per heavy atom. The van der Waals surface area contributed by atoms with Crippen molar-refractivity contribution in [1.82, 2.24) is 29.3 Å². The van der Waals surface area contributed by atoms with Gasteiger partial charge in [0, 0.05) is 6.07 Å². The van der Waals surface area contributed by atoms with E-state index in [0.29, 0.717) is 17.2 Å². The number of carbonyl (C=O) groups is 3. The smallest absolute Gasteiger partial charge is 0.390 e. The second kappa shape index (κ2) is 16.6. The van der Waals surface area contributed by atoms with E-state index in [2.05, 4.69) is 20.6 Å². The van der Waals surface area contributed by atoms with Gasteiger partial charge in [0.25, 0.3) is 5.91 Å². The molecule has 0 saturated carbocycles. The lowest BCUT2D eigenvalue weighted by Crippen LogP contribution is -2.19. The maximum Gasteiger partial charge on any atom is 0.390 e. The number of nitro groups is 1. The lowest BCUT2D eigenvalue weighted by atomic mass is 10.1. The van der Waals surface area contributed by atoms with Crippen molar-refractivity contribution in [2.75, 3.05) is 33.8 Å². The molecule has 0 unspecified atom stereocenters. The Morgan fingerprint density at radius 1 is 0.636 bits per heavy atom. The fourth-order valence-corrected chi connectivity index (χ4v) is 5.71. The Balaban J connectivity index is 1.29. The van der Waals surface area contributed by atoms with Crippen molar-refractivity contribution < 1.29 is 38.3 Å². The summed E-state index contributed by atoms with van der Waals surface area (Å²) >= 11 is 0. The van der Waals surface area contributed by atoms with Crippen molar-refractivity contribution >= 4 is 29.3 Å². The number of benzene rings is 3. The number of nitrogens with one attached hydrogen (secondary N) is 1. The topological polar surface area (TPSA) is 197 Å². The van der Waals surface area contributed by atoms with Gasteiger partial charge < -0.3 is 34.4 Å². The third-order valence-electron chi connectivity index (χ3n) is 8.53. The summed E-state index contributed by atoms with van der Waals surface area (Å²) < 4.78 is 24.8. The van der Waals surface area contributed by atoms with E-state index in [4.69, 9.17) is 18.9 Å². The number of aromatic nitrogens is 6. The van der Waals surface area contributed by atoms with E-state index in [1.807, 2.05) is 24.3 Å². The predicted octanol–water partition coefficient (Wildman–Crippen LogP) is 4.82. The van der Waals surface area contributed by atoms with Crippen molar-refractivity contribution in [1.29, 1.82) is 0 Å². The number of nitrogens with zero attached hydrogens (tertiary/aromatic N) is 7. The Morgan fingerprint density at radius 3 is 1.56 bits per heavy atom. The fraction of sp³-hybridized carbons (Fsp3) is 0.211. The first-order valence-corrected chi connectivity index (χ1v) is 16.8. The average Bonchev–Trinajstić information content (AvgIpc) is 3.92. The summed E-state index contributed by atoms with van der Waals surface area (Å²) in [5, 5.41) is 27.5. The van der Waals surface area contributed by atoms with Gasteiger partial charge in [-0.25, -0.2) is 4.79 Å². The molecule has 17 nitrogen and oxygen atoms in total. The quantitative estimate of drug-likeness (QED) is 0.0614. The number of rotatable bonds is 16. The van der Waals surface area contributed by atoms with E-state index >= 15 is 0 Å². The number of ether oxygens (including phenoxy) is 4. The second-order valence-electron chi connectivity index (χ2n) is 12.1. The number of hydrogen-bond acceptors (Lipinski definition) is 12. The molecule has 3 aromatic heterocycles. The van der Waals surface area contributed by atoms with Gasteiger partial charge in [0.15, 0.2) is 11.6 Å². The largest absolute Gasteiger partial charge is 0.497 e. The predicted molar refractivity (Wildman–Crippen MR) is 197 cm³/mol. The van der Waals surface area contributed by atoms with Gasteiger partial charge in [0.05, 0.1) is 71.4 Å². The van der Waals surface area contributed by atoms with Crippen LogP contribution in [0.2, 0.25) is 0 Å². The van der Waals surface area contributed by atoms with Crippen molar-refractivity contribution in [2.45, 2.75) is 26.1 Å². The number of amides is 1. The minimum Gasteiger partial charge on any atom is -0.497 e. The summed E-state index contributed by atoms with van der Waals surface area (Å²) in [5.41, 5.74) is 2.74. The first kappa shape index (κ1) is 37.5. The lowest BCUT2D eigenvalue weighted by Gasteiger charge is -2.08. The summed E-state index contributed by atoms with van der Waals surface area (Å²) in [5.74, 6) is -0.261. The molecule has 6 aromatic rings. The highest BCUT2D eigenvalue weighted by Crippen LogP contribution is 2.21. The number of methoxy groups -OCH3 is 4. The van der Waals surface area contributed by atoms with Gasteiger partial charge in [0.2, 0.25) is 0 Å². The maximum absolute atomic E-state index is 13.9. The molecule has 0 radical (unpaired) electrons. The average molecular weight is 749 g/mol. The van der Waals surface area contributed by atoms with E-state index in [1.54, 1.807) is 62.8 Å².